The topological polar surface area (TPSA) is 42.4 Å². The van der Waals surface area contributed by atoms with Gasteiger partial charge in [0, 0.05) is 24.2 Å². The average molecular weight is 360 g/mol. The molecule has 2 aromatic rings. The minimum absolute atomic E-state index is 0.109. The number of carbonyl (C=O) groups is 1. The Morgan fingerprint density at radius 2 is 1.95 bits per heavy atom. The van der Waals surface area contributed by atoms with Gasteiger partial charge in [-0.25, -0.2) is 4.98 Å². The van der Waals surface area contributed by atoms with E-state index in [1.54, 1.807) is 32.4 Å². The standard InChI is InChI=1S/C15H13Cl3N2O2/c1-20(8-9-7-10(16)3-5-12(9)22-2)15(21)14-11(17)4-6-13(18)19-14/h3-7H,8H2,1-2H3. The van der Waals surface area contributed by atoms with Crippen LogP contribution in [0.5, 0.6) is 5.75 Å². The lowest BCUT2D eigenvalue weighted by molar-refractivity contribution is 0.0778. The number of amides is 1. The summed E-state index contributed by atoms with van der Waals surface area (Å²) in [6, 6.07) is 8.29. The van der Waals surface area contributed by atoms with Crippen LogP contribution < -0.4 is 4.74 Å². The van der Waals surface area contributed by atoms with E-state index in [0.717, 1.165) is 5.56 Å². The van der Waals surface area contributed by atoms with Gasteiger partial charge >= 0.3 is 0 Å². The number of hydrogen-bond donors (Lipinski definition) is 0. The molecule has 22 heavy (non-hydrogen) atoms. The van der Waals surface area contributed by atoms with Gasteiger partial charge in [-0.05, 0) is 30.3 Å². The van der Waals surface area contributed by atoms with Crippen molar-refractivity contribution in [3.05, 3.63) is 56.8 Å². The molecule has 0 radical (unpaired) electrons. The summed E-state index contributed by atoms with van der Waals surface area (Å²) in [5.74, 6) is 0.309. The molecule has 1 amide bonds. The van der Waals surface area contributed by atoms with Crippen molar-refractivity contribution in [2.75, 3.05) is 14.2 Å². The van der Waals surface area contributed by atoms with Crippen LogP contribution in [-0.2, 0) is 6.54 Å². The normalized spacial score (nSPS) is 10.4. The Bertz CT molecular complexity index is 707. The van der Waals surface area contributed by atoms with E-state index in [4.69, 9.17) is 39.5 Å². The highest BCUT2D eigenvalue weighted by Crippen LogP contribution is 2.25. The SMILES string of the molecule is COc1ccc(Cl)cc1CN(C)C(=O)c1nc(Cl)ccc1Cl. The second kappa shape index (κ2) is 7.18. The van der Waals surface area contributed by atoms with Crippen LogP contribution in [0.3, 0.4) is 0 Å². The third-order valence-electron chi connectivity index (χ3n) is 3.01. The van der Waals surface area contributed by atoms with Crippen LogP contribution in [0.4, 0.5) is 0 Å². The van der Waals surface area contributed by atoms with Crippen LogP contribution >= 0.6 is 34.8 Å². The van der Waals surface area contributed by atoms with E-state index in [9.17, 15) is 4.79 Å². The summed E-state index contributed by atoms with van der Waals surface area (Å²) in [6.07, 6.45) is 0. The summed E-state index contributed by atoms with van der Waals surface area (Å²) in [5.41, 5.74) is 0.890. The molecule has 1 aromatic carbocycles. The van der Waals surface area contributed by atoms with E-state index < -0.39 is 0 Å². The highest BCUT2D eigenvalue weighted by Gasteiger charge is 2.19. The van der Waals surface area contributed by atoms with Gasteiger partial charge in [0.15, 0.2) is 0 Å². The van der Waals surface area contributed by atoms with Crippen LogP contribution in [-0.4, -0.2) is 29.9 Å². The van der Waals surface area contributed by atoms with Gasteiger partial charge in [-0.1, -0.05) is 34.8 Å². The Morgan fingerprint density at radius 3 is 2.64 bits per heavy atom. The molecule has 0 unspecified atom stereocenters. The molecule has 1 aromatic heterocycles. The summed E-state index contributed by atoms with van der Waals surface area (Å²) < 4.78 is 5.27. The first-order chi connectivity index (χ1) is 10.4. The fourth-order valence-electron chi connectivity index (χ4n) is 1.95. The maximum Gasteiger partial charge on any atom is 0.274 e. The second-order valence-corrected chi connectivity index (χ2v) is 5.81. The molecule has 0 spiro atoms. The number of ether oxygens (including phenoxy) is 1. The molecule has 116 valence electrons. The molecule has 0 bridgehead atoms. The van der Waals surface area contributed by atoms with Crippen LogP contribution in [0.2, 0.25) is 15.2 Å². The predicted molar refractivity (Wildman–Crippen MR) is 88.1 cm³/mol. The summed E-state index contributed by atoms with van der Waals surface area (Å²) in [6.45, 7) is 0.299. The van der Waals surface area contributed by atoms with Crippen molar-refractivity contribution in [3.63, 3.8) is 0 Å². The van der Waals surface area contributed by atoms with Crippen molar-refractivity contribution in [3.8, 4) is 5.75 Å². The van der Waals surface area contributed by atoms with Gasteiger partial charge in [-0.2, -0.15) is 0 Å². The fourth-order valence-corrected chi connectivity index (χ4v) is 2.48. The van der Waals surface area contributed by atoms with E-state index >= 15 is 0 Å². The number of hydrogen-bond acceptors (Lipinski definition) is 3. The zero-order chi connectivity index (χ0) is 16.3. The Balaban J connectivity index is 2.25. The van der Waals surface area contributed by atoms with Gasteiger partial charge in [0.25, 0.3) is 5.91 Å². The summed E-state index contributed by atoms with van der Waals surface area (Å²) in [5, 5.41) is 1.02. The molecule has 4 nitrogen and oxygen atoms in total. The first-order valence-corrected chi connectivity index (χ1v) is 7.45. The average Bonchev–Trinajstić information content (AvgIpc) is 2.49. The first-order valence-electron chi connectivity index (χ1n) is 6.32. The summed E-state index contributed by atoms with van der Waals surface area (Å²) >= 11 is 17.8. The van der Waals surface area contributed by atoms with E-state index in [2.05, 4.69) is 4.98 Å². The highest BCUT2D eigenvalue weighted by atomic mass is 35.5. The van der Waals surface area contributed by atoms with Crippen LogP contribution in [0.1, 0.15) is 16.1 Å². The van der Waals surface area contributed by atoms with Crippen LogP contribution in [0, 0.1) is 0 Å². The van der Waals surface area contributed by atoms with Crippen LogP contribution in [0.25, 0.3) is 0 Å². The summed E-state index contributed by atoms with van der Waals surface area (Å²) in [7, 11) is 3.20. The quantitative estimate of drug-likeness (QED) is 0.763. The molecule has 0 atom stereocenters. The van der Waals surface area contributed by atoms with Crippen molar-refractivity contribution in [2.45, 2.75) is 6.54 Å². The van der Waals surface area contributed by atoms with Crippen LogP contribution in [0.15, 0.2) is 30.3 Å². The maximum atomic E-state index is 12.5. The number of rotatable bonds is 4. The summed E-state index contributed by atoms with van der Waals surface area (Å²) in [4.78, 5) is 17.9. The molecule has 7 heteroatoms. The fraction of sp³-hybridized carbons (Fsp3) is 0.200. The first kappa shape index (κ1) is 16.9. The highest BCUT2D eigenvalue weighted by molar-refractivity contribution is 6.34. The number of pyridine rings is 1. The monoisotopic (exact) mass is 358 g/mol. The van der Waals surface area contributed by atoms with E-state index in [1.165, 1.54) is 17.0 Å². The minimum atomic E-state index is -0.338. The number of benzene rings is 1. The third-order valence-corrected chi connectivity index (χ3v) is 3.76. The minimum Gasteiger partial charge on any atom is -0.496 e. The van der Waals surface area contributed by atoms with E-state index in [0.29, 0.717) is 17.3 Å². The van der Waals surface area contributed by atoms with E-state index in [-0.39, 0.29) is 21.8 Å². The van der Waals surface area contributed by atoms with Crippen molar-refractivity contribution in [2.24, 2.45) is 0 Å². The third kappa shape index (κ3) is 3.83. The molecule has 0 aliphatic heterocycles. The van der Waals surface area contributed by atoms with Crippen molar-refractivity contribution in [1.82, 2.24) is 9.88 Å². The van der Waals surface area contributed by atoms with Gasteiger partial charge in [0.05, 0.1) is 12.1 Å². The second-order valence-electron chi connectivity index (χ2n) is 4.58. The number of halogens is 3. The number of nitrogens with zero attached hydrogens (tertiary/aromatic N) is 2. The largest absolute Gasteiger partial charge is 0.496 e. The molecule has 0 N–H and O–H groups in total. The molecular formula is C15H13Cl3N2O2. The predicted octanol–water partition coefficient (Wildman–Crippen LogP) is 4.32. The van der Waals surface area contributed by atoms with Crippen molar-refractivity contribution >= 4 is 40.7 Å². The number of methoxy groups -OCH3 is 1. The number of aromatic nitrogens is 1. The molecule has 0 fully saturated rings. The molecule has 1 heterocycles. The van der Waals surface area contributed by atoms with Crippen molar-refractivity contribution in [1.29, 1.82) is 0 Å². The number of carbonyl (C=O) groups excluding carboxylic acids is 1. The molecular weight excluding hydrogens is 347 g/mol. The lowest BCUT2D eigenvalue weighted by Crippen LogP contribution is -2.27. The lowest BCUT2D eigenvalue weighted by atomic mass is 10.2. The Labute approximate surface area is 143 Å². The Hall–Kier alpha value is -1.49. The zero-order valence-electron chi connectivity index (χ0n) is 11.9. The maximum absolute atomic E-state index is 12.5. The van der Waals surface area contributed by atoms with Gasteiger partial charge in [0.2, 0.25) is 0 Å². The van der Waals surface area contributed by atoms with Gasteiger partial charge in [-0.15, -0.1) is 0 Å². The lowest BCUT2D eigenvalue weighted by Gasteiger charge is -2.19. The van der Waals surface area contributed by atoms with Crippen molar-refractivity contribution < 1.29 is 9.53 Å². The smallest absolute Gasteiger partial charge is 0.274 e. The van der Waals surface area contributed by atoms with Gasteiger partial charge in [-0.3, -0.25) is 4.79 Å². The molecule has 0 aliphatic rings. The Morgan fingerprint density at radius 1 is 1.23 bits per heavy atom. The molecule has 2 rings (SSSR count). The van der Waals surface area contributed by atoms with Gasteiger partial charge < -0.3 is 9.64 Å². The van der Waals surface area contributed by atoms with E-state index in [1.807, 2.05) is 0 Å². The van der Waals surface area contributed by atoms with Gasteiger partial charge in [0.1, 0.15) is 16.6 Å². The molecule has 0 saturated heterocycles. The molecule has 0 aliphatic carbocycles. The zero-order valence-corrected chi connectivity index (χ0v) is 14.2. The molecule has 0 saturated carbocycles. The Kier molecular flexibility index (Phi) is 5.51.